The molecule has 4 saturated heterocycles. The van der Waals surface area contributed by atoms with Crippen molar-refractivity contribution in [3.05, 3.63) is 75.3 Å². The fourth-order valence-corrected chi connectivity index (χ4v) is 11.0. The molecule has 2 N–H and O–H groups in total. The van der Waals surface area contributed by atoms with Crippen molar-refractivity contribution in [2.75, 3.05) is 87.1 Å². The Morgan fingerprint density at radius 3 is 2.17 bits per heavy atom. The van der Waals surface area contributed by atoms with E-state index in [9.17, 15) is 28.8 Å². The third-order valence-corrected chi connectivity index (χ3v) is 14.8. The Kier molecular flexibility index (Phi) is 11.9. The van der Waals surface area contributed by atoms with Gasteiger partial charge in [-0.3, -0.25) is 38.8 Å². The first kappa shape index (κ1) is 43.5. The maximum atomic E-state index is 13.6. The quantitative estimate of drug-likeness (QED) is 0.181. The summed E-state index contributed by atoms with van der Waals surface area (Å²) >= 11 is 0. The van der Waals surface area contributed by atoms with Crippen LogP contribution in [0.5, 0.6) is 0 Å². The molecule has 5 aliphatic heterocycles. The van der Waals surface area contributed by atoms with Gasteiger partial charge in [-0.05, 0) is 93.3 Å². The Hall–Kier alpha value is -6.43. The number of anilines is 4. The molecule has 5 fully saturated rings. The number of amides is 5. The Balaban J connectivity index is 0.669. The highest BCUT2D eigenvalue weighted by molar-refractivity contribution is 6.05. The molecule has 1 saturated carbocycles. The van der Waals surface area contributed by atoms with Gasteiger partial charge in [0.15, 0.2) is 5.78 Å². The van der Waals surface area contributed by atoms with Crippen LogP contribution in [-0.4, -0.2) is 147 Å². The number of imide groups is 1. The van der Waals surface area contributed by atoms with Gasteiger partial charge in [-0.25, -0.2) is 14.8 Å². The summed E-state index contributed by atoms with van der Waals surface area (Å²) in [5.41, 5.74) is 4.71. The number of piperazine rings is 2. The highest BCUT2D eigenvalue weighted by Gasteiger charge is 2.39. The predicted octanol–water partition coefficient (Wildman–Crippen LogP) is 4.09. The average Bonchev–Trinajstić information content (AvgIpc) is 3.97. The largest absolute Gasteiger partial charge is 0.372 e. The van der Waals surface area contributed by atoms with E-state index in [1.54, 1.807) is 22.6 Å². The van der Waals surface area contributed by atoms with Gasteiger partial charge in [0.05, 0.1) is 17.4 Å². The van der Waals surface area contributed by atoms with E-state index in [4.69, 9.17) is 4.98 Å². The molecule has 18 heteroatoms. The number of nitrogens with one attached hydrogen (secondary N) is 2. The summed E-state index contributed by atoms with van der Waals surface area (Å²) in [6.45, 7) is 12.4. The van der Waals surface area contributed by atoms with Crippen LogP contribution >= 0.6 is 0 Å². The minimum absolute atomic E-state index is 0.00155. The van der Waals surface area contributed by atoms with Crippen molar-refractivity contribution in [3.8, 4) is 0 Å². The van der Waals surface area contributed by atoms with Gasteiger partial charge in [0.1, 0.15) is 17.5 Å². The minimum atomic E-state index is -0.611. The van der Waals surface area contributed by atoms with E-state index >= 15 is 0 Å². The molecular weight excluding hydrogens is 841 g/mol. The van der Waals surface area contributed by atoms with Crippen LogP contribution in [0.2, 0.25) is 0 Å². The van der Waals surface area contributed by atoms with Crippen LogP contribution in [0, 0.1) is 12.8 Å². The van der Waals surface area contributed by atoms with Gasteiger partial charge in [-0.2, -0.15) is 4.98 Å². The van der Waals surface area contributed by atoms with E-state index in [0.717, 1.165) is 101 Å². The maximum absolute atomic E-state index is 13.6. The predicted molar refractivity (Wildman–Crippen MR) is 248 cm³/mol. The standard InChI is InChI=1S/C48H58N12O6/c1-30-38-27-50-47(53-43(38)60(34-5-3-4-6-34)46(65)42(30)31(2)61)51-40-11-8-36(26-49-40)56-21-23-58(24-22-56)48(66)57-19-17-54(18-20-57)28-32-13-15-55(16-14-32)35-7-9-37-33(25-35)29-59(45(37)64)39-10-12-41(62)52-44(39)63/h7-9,11,25-27,32,34,39H,3-6,10,12-24,28-29H2,1-2H3,(H,52,62,63)(H,49,50,51,53). The second-order valence-corrected chi connectivity index (χ2v) is 18.8. The summed E-state index contributed by atoms with van der Waals surface area (Å²) in [5.74, 6) is 0.408. The van der Waals surface area contributed by atoms with Crippen LogP contribution in [-0.2, 0) is 16.1 Å². The molecule has 10 rings (SSSR count). The Labute approximate surface area is 383 Å². The highest BCUT2D eigenvalue weighted by atomic mass is 16.2. The second kappa shape index (κ2) is 18.1. The van der Waals surface area contributed by atoms with Gasteiger partial charge >= 0.3 is 6.03 Å². The first-order chi connectivity index (χ1) is 32.0. The Morgan fingerprint density at radius 1 is 0.788 bits per heavy atom. The van der Waals surface area contributed by atoms with Crippen LogP contribution in [0.1, 0.15) is 96.2 Å². The molecule has 0 bridgehead atoms. The molecule has 4 aromatic rings. The number of pyridine rings is 2. The van der Waals surface area contributed by atoms with Crippen molar-refractivity contribution in [2.24, 2.45) is 5.92 Å². The second-order valence-electron chi connectivity index (χ2n) is 18.8. The molecule has 6 aliphatic rings. The van der Waals surface area contributed by atoms with Crippen LogP contribution in [0.4, 0.5) is 27.9 Å². The molecule has 3 aromatic heterocycles. The molecule has 5 amide bonds. The topological polar surface area (TPSA) is 190 Å². The van der Waals surface area contributed by atoms with Gasteiger partial charge in [-0.1, -0.05) is 12.8 Å². The van der Waals surface area contributed by atoms with Gasteiger partial charge in [0.25, 0.3) is 11.5 Å². The zero-order chi connectivity index (χ0) is 45.6. The van der Waals surface area contributed by atoms with Gasteiger partial charge < -0.3 is 29.8 Å². The lowest BCUT2D eigenvalue weighted by atomic mass is 9.95. The molecule has 0 radical (unpaired) electrons. The lowest BCUT2D eigenvalue weighted by molar-refractivity contribution is -0.136. The zero-order valence-electron chi connectivity index (χ0n) is 37.8. The third kappa shape index (κ3) is 8.46. The molecule has 1 aromatic carbocycles. The van der Waals surface area contributed by atoms with Crippen LogP contribution in [0.3, 0.4) is 0 Å². The highest BCUT2D eigenvalue weighted by Crippen LogP contribution is 2.34. The van der Waals surface area contributed by atoms with Crippen molar-refractivity contribution in [1.82, 2.24) is 44.4 Å². The van der Waals surface area contributed by atoms with Crippen molar-refractivity contribution >= 4 is 63.7 Å². The van der Waals surface area contributed by atoms with Gasteiger partial charge in [-0.15, -0.1) is 0 Å². The van der Waals surface area contributed by atoms with Crippen LogP contribution in [0.25, 0.3) is 11.0 Å². The summed E-state index contributed by atoms with van der Waals surface area (Å²) in [5, 5.41) is 6.28. The van der Waals surface area contributed by atoms with Crippen molar-refractivity contribution < 1.29 is 24.0 Å². The number of piperidine rings is 2. The van der Waals surface area contributed by atoms with Crippen molar-refractivity contribution in [2.45, 2.75) is 83.8 Å². The number of aryl methyl sites for hydroxylation is 1. The SMILES string of the molecule is CC(=O)c1c(C)c2cnc(Nc3ccc(N4CCN(C(=O)N5CCN(CC6CCN(c7ccc8c(c7)CN(C7CCC(=O)NC7=O)C8=O)CC6)CC5)CC4)cn3)nc2n(C2CCCC2)c1=O. The number of benzene rings is 1. The first-order valence-electron chi connectivity index (χ1n) is 23.7. The lowest BCUT2D eigenvalue weighted by Crippen LogP contribution is -2.57. The van der Waals surface area contributed by atoms with E-state index in [0.29, 0.717) is 79.0 Å². The molecule has 18 nitrogen and oxygen atoms in total. The van der Waals surface area contributed by atoms with Gasteiger partial charge in [0.2, 0.25) is 17.8 Å². The fraction of sp³-hybridized carbons (Fsp3) is 0.521. The molecule has 346 valence electrons. The number of hydrogen-bond donors (Lipinski definition) is 2. The molecule has 1 unspecified atom stereocenters. The molecule has 1 atom stereocenters. The molecular formula is C48H58N12O6. The first-order valence-corrected chi connectivity index (χ1v) is 23.7. The van der Waals surface area contributed by atoms with E-state index in [1.165, 1.54) is 6.92 Å². The number of ketones is 1. The molecule has 1 aliphatic carbocycles. The summed E-state index contributed by atoms with van der Waals surface area (Å²) in [6.07, 6.45) is 10.1. The number of urea groups is 1. The van der Waals surface area contributed by atoms with Crippen molar-refractivity contribution in [1.29, 1.82) is 0 Å². The van der Waals surface area contributed by atoms with Crippen LogP contribution in [0.15, 0.2) is 47.5 Å². The van der Waals surface area contributed by atoms with Gasteiger partial charge in [0, 0.05) is 114 Å². The molecule has 0 spiro atoms. The summed E-state index contributed by atoms with van der Waals surface area (Å²) < 4.78 is 1.71. The van der Waals surface area contributed by atoms with Crippen LogP contribution < -0.4 is 26.0 Å². The van der Waals surface area contributed by atoms with E-state index in [2.05, 4.69) is 41.4 Å². The number of fused-ring (bicyclic) bond motifs is 2. The number of carbonyl (C=O) groups is 5. The third-order valence-electron chi connectivity index (χ3n) is 14.8. The number of hydrogen-bond acceptors (Lipinski definition) is 13. The summed E-state index contributed by atoms with van der Waals surface area (Å²) in [7, 11) is 0. The minimum Gasteiger partial charge on any atom is -0.372 e. The summed E-state index contributed by atoms with van der Waals surface area (Å²) in [4.78, 5) is 104. The summed E-state index contributed by atoms with van der Waals surface area (Å²) in [6, 6.07) is 9.39. The number of Topliss-reactive ketones (excluding diaryl/α,β-unsaturated/α-hetero) is 1. The Morgan fingerprint density at radius 2 is 1.48 bits per heavy atom. The normalized spacial score (nSPS) is 21.2. The number of carbonyl (C=O) groups excluding carboxylic acids is 5. The number of aromatic nitrogens is 4. The number of rotatable bonds is 9. The maximum Gasteiger partial charge on any atom is 0.320 e. The Bertz CT molecular complexity index is 2620. The van der Waals surface area contributed by atoms with E-state index in [1.807, 2.05) is 40.3 Å². The molecule has 8 heterocycles. The molecule has 66 heavy (non-hydrogen) atoms. The van der Waals surface area contributed by atoms with E-state index in [-0.39, 0.29) is 47.2 Å². The number of nitrogens with zero attached hydrogens (tertiary/aromatic N) is 10. The van der Waals surface area contributed by atoms with E-state index < -0.39 is 11.9 Å². The average molecular weight is 899 g/mol. The smallest absolute Gasteiger partial charge is 0.320 e. The zero-order valence-corrected chi connectivity index (χ0v) is 37.8. The van der Waals surface area contributed by atoms with Crippen molar-refractivity contribution in [3.63, 3.8) is 0 Å². The monoisotopic (exact) mass is 898 g/mol. The lowest BCUT2D eigenvalue weighted by Gasteiger charge is -2.42. The fourth-order valence-electron chi connectivity index (χ4n) is 11.0.